The smallest absolute Gasteiger partial charge is 0.410 e. The zero-order chi connectivity index (χ0) is 32.9. The quantitative estimate of drug-likeness (QED) is 0.309. The number of ether oxygens (including phenoxy) is 3. The molecule has 0 aromatic heterocycles. The predicted molar refractivity (Wildman–Crippen MR) is 168 cm³/mol. The molecule has 0 bridgehead atoms. The van der Waals surface area contributed by atoms with Gasteiger partial charge in [-0.1, -0.05) is 60.7 Å². The first-order valence-electron chi connectivity index (χ1n) is 15.3. The Hall–Kier alpha value is -4.34. The normalized spacial score (nSPS) is 20.8. The van der Waals surface area contributed by atoms with Gasteiger partial charge in [-0.3, -0.25) is 4.79 Å². The number of carboxylic acid groups (broad SMARTS) is 1. The van der Waals surface area contributed by atoms with Crippen molar-refractivity contribution >= 4 is 29.7 Å². The van der Waals surface area contributed by atoms with Crippen molar-refractivity contribution in [2.75, 3.05) is 32.8 Å². The van der Waals surface area contributed by atoms with Crippen molar-refractivity contribution in [3.05, 3.63) is 77.4 Å². The summed E-state index contributed by atoms with van der Waals surface area (Å²) >= 11 is 0. The van der Waals surface area contributed by atoms with E-state index in [1.165, 1.54) is 9.80 Å². The number of hydrogen-bond acceptors (Lipinski definition) is 7. The van der Waals surface area contributed by atoms with Gasteiger partial charge in [-0.25, -0.2) is 14.4 Å². The van der Waals surface area contributed by atoms with Crippen molar-refractivity contribution in [1.29, 1.82) is 0 Å². The number of benzene rings is 2. The lowest BCUT2D eigenvalue weighted by molar-refractivity contribution is -0.147. The highest BCUT2D eigenvalue weighted by atomic mass is 16.6. The van der Waals surface area contributed by atoms with E-state index in [1.807, 2.05) is 60.7 Å². The number of nitrogens with zero attached hydrogens (tertiary/aromatic N) is 2. The summed E-state index contributed by atoms with van der Waals surface area (Å²) in [4.78, 5) is 55.4. The molecular weight excluding hydrogens is 576 g/mol. The molecule has 4 rings (SSSR count). The van der Waals surface area contributed by atoms with E-state index in [0.29, 0.717) is 18.5 Å². The molecule has 3 atom stereocenters. The third-order valence-corrected chi connectivity index (χ3v) is 7.76. The average molecular weight is 621 g/mol. The van der Waals surface area contributed by atoms with Crippen molar-refractivity contribution < 1.29 is 38.5 Å². The molecular formula is C35H44N2O8. The molecule has 2 aliphatic heterocycles. The Kier molecular flexibility index (Phi) is 10.3. The number of carbonyl (C=O) groups is 4. The lowest BCUT2D eigenvalue weighted by Gasteiger charge is -2.42. The van der Waals surface area contributed by atoms with Gasteiger partial charge in [0.2, 0.25) is 0 Å². The van der Waals surface area contributed by atoms with Crippen LogP contribution in [-0.4, -0.2) is 83.0 Å². The van der Waals surface area contributed by atoms with Crippen LogP contribution in [0.4, 0.5) is 9.59 Å². The Morgan fingerprint density at radius 1 is 0.800 bits per heavy atom. The van der Waals surface area contributed by atoms with Gasteiger partial charge in [0.25, 0.3) is 0 Å². The minimum atomic E-state index is -1.05. The van der Waals surface area contributed by atoms with Crippen LogP contribution in [0.2, 0.25) is 0 Å². The van der Waals surface area contributed by atoms with E-state index in [1.54, 1.807) is 41.5 Å². The molecule has 1 unspecified atom stereocenters. The summed E-state index contributed by atoms with van der Waals surface area (Å²) in [5.41, 5.74) is 1.29. The van der Waals surface area contributed by atoms with Crippen LogP contribution in [0.25, 0.3) is 5.57 Å². The molecule has 2 aliphatic rings. The number of aliphatic carboxylic acids is 1. The molecule has 2 aromatic rings. The van der Waals surface area contributed by atoms with E-state index in [0.717, 1.165) is 16.7 Å². The summed E-state index contributed by atoms with van der Waals surface area (Å²) in [5, 5.41) is 10.3. The highest BCUT2D eigenvalue weighted by Gasteiger charge is 2.44. The maximum absolute atomic E-state index is 13.9. The van der Waals surface area contributed by atoms with Gasteiger partial charge in [0.1, 0.15) is 11.2 Å². The van der Waals surface area contributed by atoms with E-state index in [4.69, 9.17) is 14.2 Å². The Balaban J connectivity index is 1.63. The van der Waals surface area contributed by atoms with Crippen LogP contribution in [0.3, 0.4) is 0 Å². The van der Waals surface area contributed by atoms with Crippen molar-refractivity contribution in [3.8, 4) is 0 Å². The zero-order valence-corrected chi connectivity index (χ0v) is 26.9. The monoisotopic (exact) mass is 620 g/mol. The van der Waals surface area contributed by atoms with Gasteiger partial charge in [-0.15, -0.1) is 0 Å². The summed E-state index contributed by atoms with van der Waals surface area (Å²) in [6.45, 7) is 10.9. The molecule has 2 heterocycles. The lowest BCUT2D eigenvalue weighted by Crippen LogP contribution is -2.52. The Labute approximate surface area is 264 Å². The maximum atomic E-state index is 13.9. The lowest BCUT2D eigenvalue weighted by atomic mass is 9.74. The minimum absolute atomic E-state index is 0.00649. The number of amides is 2. The number of likely N-dealkylation sites (tertiary alicyclic amines) is 1. The zero-order valence-electron chi connectivity index (χ0n) is 26.9. The molecule has 2 amide bonds. The molecule has 1 saturated heterocycles. The fraction of sp³-hybridized carbons (Fsp3) is 0.486. The van der Waals surface area contributed by atoms with Crippen molar-refractivity contribution in [3.63, 3.8) is 0 Å². The van der Waals surface area contributed by atoms with Gasteiger partial charge >= 0.3 is 24.1 Å². The molecule has 2 aromatic carbocycles. The SMILES string of the molecule is CC(C)(C)OC(=O)N1CCC(c2ccccc2)=C(C(=O)OCC2CN(C(=O)OC(C)(C)C)C[C@H](C(=O)O)[C@@H]2c2ccccc2)C1. The number of carbonyl (C=O) groups excluding carboxylic acids is 3. The topological polar surface area (TPSA) is 123 Å². The van der Waals surface area contributed by atoms with E-state index in [2.05, 4.69) is 0 Å². The first kappa shape index (κ1) is 33.6. The summed E-state index contributed by atoms with van der Waals surface area (Å²) in [6.07, 6.45) is -0.711. The molecule has 0 spiro atoms. The highest BCUT2D eigenvalue weighted by Crippen LogP contribution is 2.39. The standard InChI is InChI=1S/C35H44N2O8/c1-34(2,3)44-32(41)36-18-17-26(23-13-9-7-10-14-23)27(20-36)31(40)43-22-25-19-37(33(42)45-35(4,5)6)21-28(30(38)39)29(25)24-15-11-8-12-16-24/h7-16,25,28-29H,17-22H2,1-6H3,(H,38,39)/t25?,28-,29+/m0/s1. The Morgan fingerprint density at radius 3 is 1.91 bits per heavy atom. The molecule has 1 fully saturated rings. The average Bonchev–Trinajstić information content (AvgIpc) is 2.98. The Bertz CT molecular complexity index is 1410. The second-order valence-electron chi connectivity index (χ2n) is 13.6. The second kappa shape index (κ2) is 13.7. The van der Waals surface area contributed by atoms with Gasteiger partial charge in [-0.05, 0) is 64.7 Å². The minimum Gasteiger partial charge on any atom is -0.481 e. The maximum Gasteiger partial charge on any atom is 0.410 e. The van der Waals surface area contributed by atoms with Crippen LogP contribution >= 0.6 is 0 Å². The fourth-order valence-corrected chi connectivity index (χ4v) is 5.85. The van der Waals surface area contributed by atoms with Gasteiger partial charge in [-0.2, -0.15) is 0 Å². The van der Waals surface area contributed by atoms with Crippen LogP contribution in [0, 0.1) is 11.8 Å². The number of carboxylic acids is 1. The summed E-state index contributed by atoms with van der Waals surface area (Å²) in [6, 6.07) is 18.7. The van der Waals surface area contributed by atoms with Gasteiger partial charge in [0.15, 0.2) is 0 Å². The summed E-state index contributed by atoms with van der Waals surface area (Å²) < 4.78 is 17.1. The third-order valence-electron chi connectivity index (χ3n) is 7.76. The van der Waals surface area contributed by atoms with Gasteiger partial charge in [0, 0.05) is 31.5 Å². The van der Waals surface area contributed by atoms with Crippen LogP contribution in [-0.2, 0) is 23.8 Å². The van der Waals surface area contributed by atoms with Crippen LogP contribution in [0.5, 0.6) is 0 Å². The molecule has 45 heavy (non-hydrogen) atoms. The summed E-state index contributed by atoms with van der Waals surface area (Å²) in [7, 11) is 0. The van der Waals surface area contributed by atoms with E-state index in [9.17, 15) is 24.3 Å². The van der Waals surface area contributed by atoms with Crippen molar-refractivity contribution in [2.45, 2.75) is 65.1 Å². The second-order valence-corrected chi connectivity index (χ2v) is 13.6. The van der Waals surface area contributed by atoms with Crippen LogP contribution < -0.4 is 0 Å². The highest BCUT2D eigenvalue weighted by molar-refractivity contribution is 5.99. The fourth-order valence-electron chi connectivity index (χ4n) is 5.85. The van der Waals surface area contributed by atoms with E-state index >= 15 is 0 Å². The number of rotatable bonds is 6. The number of esters is 1. The molecule has 10 nitrogen and oxygen atoms in total. The van der Waals surface area contributed by atoms with E-state index in [-0.39, 0.29) is 26.2 Å². The largest absolute Gasteiger partial charge is 0.481 e. The molecule has 10 heteroatoms. The first-order valence-corrected chi connectivity index (χ1v) is 15.3. The molecule has 0 aliphatic carbocycles. The molecule has 0 saturated carbocycles. The third kappa shape index (κ3) is 8.86. The number of piperidine rings is 1. The van der Waals surface area contributed by atoms with Crippen LogP contribution in [0.1, 0.15) is 65.0 Å². The summed E-state index contributed by atoms with van der Waals surface area (Å²) in [5.74, 6) is -3.67. The van der Waals surface area contributed by atoms with Gasteiger partial charge < -0.3 is 29.1 Å². The van der Waals surface area contributed by atoms with Crippen molar-refractivity contribution in [2.24, 2.45) is 11.8 Å². The van der Waals surface area contributed by atoms with Crippen LogP contribution in [0.15, 0.2) is 66.2 Å². The van der Waals surface area contributed by atoms with Gasteiger partial charge in [0.05, 0.1) is 24.6 Å². The Morgan fingerprint density at radius 2 is 1.36 bits per heavy atom. The van der Waals surface area contributed by atoms with E-state index < -0.39 is 53.1 Å². The number of hydrogen-bond donors (Lipinski definition) is 1. The molecule has 242 valence electrons. The first-order chi connectivity index (χ1) is 21.1. The van der Waals surface area contributed by atoms with Crippen molar-refractivity contribution in [1.82, 2.24) is 9.80 Å². The predicted octanol–water partition coefficient (Wildman–Crippen LogP) is 5.98. The molecule has 1 N–H and O–H groups in total. The molecule has 0 radical (unpaired) electrons.